The Labute approximate surface area is 229 Å². The molecule has 0 radical (unpaired) electrons. The van der Waals surface area contributed by atoms with Crippen LogP contribution in [0.4, 0.5) is 10.5 Å². The summed E-state index contributed by atoms with van der Waals surface area (Å²) in [5, 5.41) is 2.60. The van der Waals surface area contributed by atoms with Crippen LogP contribution >= 0.6 is 43.5 Å². The Morgan fingerprint density at radius 3 is 2.39 bits per heavy atom. The van der Waals surface area contributed by atoms with Gasteiger partial charge in [-0.15, -0.1) is 0 Å². The fraction of sp³-hybridized carbons (Fsp3) is 0.115. The minimum absolute atomic E-state index is 0.224. The van der Waals surface area contributed by atoms with E-state index in [-0.39, 0.29) is 11.3 Å². The maximum Gasteiger partial charge on any atom is 0.335 e. The third kappa shape index (κ3) is 5.48. The van der Waals surface area contributed by atoms with Crippen molar-refractivity contribution in [3.05, 3.63) is 90.8 Å². The van der Waals surface area contributed by atoms with Gasteiger partial charge < -0.3 is 9.47 Å². The fourth-order valence-electron chi connectivity index (χ4n) is 3.44. The van der Waals surface area contributed by atoms with Gasteiger partial charge in [0.05, 0.1) is 12.8 Å². The molecule has 7 nitrogen and oxygen atoms in total. The molecule has 1 N–H and O–H groups in total. The lowest BCUT2D eigenvalue weighted by atomic mass is 10.1. The maximum atomic E-state index is 13.2. The first-order valence-electron chi connectivity index (χ1n) is 10.6. The minimum Gasteiger partial charge on any atom is -0.493 e. The van der Waals surface area contributed by atoms with E-state index in [1.54, 1.807) is 31.2 Å². The number of carbonyl (C=O) groups excluding carboxylic acids is 3. The number of carbonyl (C=O) groups is 3. The van der Waals surface area contributed by atoms with Crippen molar-refractivity contribution >= 4 is 73.1 Å². The molecule has 0 atom stereocenters. The van der Waals surface area contributed by atoms with Crippen molar-refractivity contribution < 1.29 is 23.9 Å². The molecule has 10 heteroatoms. The molecule has 1 fully saturated rings. The van der Waals surface area contributed by atoms with Gasteiger partial charge in [0.15, 0.2) is 11.5 Å². The van der Waals surface area contributed by atoms with E-state index in [0.717, 1.165) is 20.5 Å². The summed E-state index contributed by atoms with van der Waals surface area (Å²) in [5.74, 6) is -0.699. The fourth-order valence-corrected chi connectivity index (χ4v) is 4.32. The van der Waals surface area contributed by atoms with Crippen LogP contribution < -0.4 is 19.7 Å². The predicted molar refractivity (Wildman–Crippen MR) is 144 cm³/mol. The number of benzene rings is 3. The zero-order valence-corrected chi connectivity index (χ0v) is 23.0. The predicted octanol–water partition coefficient (Wildman–Crippen LogP) is 6.43. The van der Waals surface area contributed by atoms with E-state index in [1.807, 2.05) is 24.3 Å². The van der Waals surface area contributed by atoms with Crippen molar-refractivity contribution in [3.63, 3.8) is 0 Å². The van der Waals surface area contributed by atoms with Gasteiger partial charge in [0.2, 0.25) is 0 Å². The van der Waals surface area contributed by atoms with Crippen molar-refractivity contribution in [1.82, 2.24) is 5.32 Å². The van der Waals surface area contributed by atoms with Crippen LogP contribution in [0.3, 0.4) is 0 Å². The summed E-state index contributed by atoms with van der Waals surface area (Å²) in [7, 11) is 1.49. The highest BCUT2D eigenvalue weighted by Crippen LogP contribution is 2.36. The van der Waals surface area contributed by atoms with Crippen LogP contribution in [0.25, 0.3) is 6.08 Å². The molecule has 3 aromatic rings. The lowest BCUT2D eigenvalue weighted by Gasteiger charge is -2.26. The Morgan fingerprint density at radius 2 is 1.72 bits per heavy atom. The molecule has 0 aliphatic carbocycles. The van der Waals surface area contributed by atoms with Crippen LogP contribution in [0.1, 0.15) is 16.7 Å². The van der Waals surface area contributed by atoms with Gasteiger partial charge in [-0.1, -0.05) is 61.7 Å². The molecule has 0 bridgehead atoms. The number of methoxy groups -OCH3 is 1. The van der Waals surface area contributed by atoms with Gasteiger partial charge in [0.25, 0.3) is 11.8 Å². The molecule has 0 saturated carbocycles. The second-order valence-electron chi connectivity index (χ2n) is 7.83. The van der Waals surface area contributed by atoms with Gasteiger partial charge in [0, 0.05) is 14.0 Å². The number of barbiturate groups is 1. The first-order valence-corrected chi connectivity index (χ1v) is 12.6. The van der Waals surface area contributed by atoms with Crippen LogP contribution in [-0.4, -0.2) is 25.0 Å². The maximum absolute atomic E-state index is 13.2. The largest absolute Gasteiger partial charge is 0.493 e. The van der Waals surface area contributed by atoms with Gasteiger partial charge in [-0.2, -0.15) is 0 Å². The number of amides is 4. The normalized spacial score (nSPS) is 14.8. The first kappa shape index (κ1) is 25.9. The molecule has 1 saturated heterocycles. The number of halogens is 3. The van der Waals surface area contributed by atoms with Crippen LogP contribution in [0.15, 0.2) is 69.1 Å². The van der Waals surface area contributed by atoms with E-state index in [0.29, 0.717) is 33.2 Å². The van der Waals surface area contributed by atoms with Crippen LogP contribution in [0, 0.1) is 6.92 Å². The standard InChI is InChI=1S/C26H19Br2ClN2O5/c1-14-3-8-18(11-21(14)29)31-25(33)19(24(32)30-26(31)34)9-16-10-22(35-2)23(12-20(16)28)36-13-15-4-6-17(27)7-5-15/h3-12H,13H2,1-2H3,(H,30,32,34)/b19-9-. The van der Waals surface area contributed by atoms with E-state index in [9.17, 15) is 14.4 Å². The topological polar surface area (TPSA) is 84.9 Å². The van der Waals surface area contributed by atoms with E-state index in [4.69, 9.17) is 21.1 Å². The summed E-state index contributed by atoms with van der Waals surface area (Å²) in [6.07, 6.45) is 1.39. The van der Waals surface area contributed by atoms with Crippen molar-refractivity contribution in [3.8, 4) is 11.5 Å². The first-order chi connectivity index (χ1) is 17.2. The second-order valence-corrected chi connectivity index (χ2v) is 10.0. The molecule has 1 aliphatic heterocycles. The summed E-state index contributed by atoms with van der Waals surface area (Å²) in [4.78, 5) is 39.2. The number of anilines is 1. The van der Waals surface area contributed by atoms with E-state index < -0.39 is 17.8 Å². The van der Waals surface area contributed by atoms with Gasteiger partial charge in [-0.25, -0.2) is 9.69 Å². The monoisotopic (exact) mass is 632 g/mol. The molecule has 0 aromatic heterocycles. The highest BCUT2D eigenvalue weighted by Gasteiger charge is 2.37. The average Bonchev–Trinajstić information content (AvgIpc) is 2.84. The molecule has 1 heterocycles. The van der Waals surface area contributed by atoms with Gasteiger partial charge in [-0.05, 0) is 66.1 Å². The summed E-state index contributed by atoms with van der Waals surface area (Å²) in [6.45, 7) is 2.11. The van der Waals surface area contributed by atoms with E-state index in [2.05, 4.69) is 37.2 Å². The van der Waals surface area contributed by atoms with Crippen molar-refractivity contribution in [2.45, 2.75) is 13.5 Å². The number of hydrogen-bond donors (Lipinski definition) is 1. The number of rotatable bonds is 6. The number of ether oxygens (including phenoxy) is 2. The Kier molecular flexibility index (Phi) is 7.82. The van der Waals surface area contributed by atoms with Gasteiger partial charge >= 0.3 is 6.03 Å². The third-order valence-corrected chi connectivity index (χ3v) is 7.03. The van der Waals surface area contributed by atoms with E-state index in [1.165, 1.54) is 19.3 Å². The molecule has 0 spiro atoms. The minimum atomic E-state index is -0.851. The average molecular weight is 635 g/mol. The molecule has 36 heavy (non-hydrogen) atoms. The van der Waals surface area contributed by atoms with Crippen LogP contribution in [0.2, 0.25) is 5.02 Å². The summed E-state index contributed by atoms with van der Waals surface area (Å²) < 4.78 is 12.9. The van der Waals surface area contributed by atoms with Gasteiger partial charge in [-0.3, -0.25) is 14.9 Å². The Hall–Kier alpha value is -3.14. The van der Waals surface area contributed by atoms with Crippen molar-refractivity contribution in [1.29, 1.82) is 0 Å². The van der Waals surface area contributed by atoms with Crippen LogP contribution in [-0.2, 0) is 16.2 Å². The Bertz CT molecular complexity index is 1410. The molecular formula is C26H19Br2ClN2O5. The second kappa shape index (κ2) is 10.9. The van der Waals surface area contributed by atoms with Crippen molar-refractivity contribution in [2.24, 2.45) is 0 Å². The molecule has 184 valence electrons. The van der Waals surface area contributed by atoms with Crippen molar-refractivity contribution in [2.75, 3.05) is 12.0 Å². The SMILES string of the molecule is COc1cc(/C=C2/C(=O)NC(=O)N(c3ccc(C)c(Cl)c3)C2=O)c(Br)cc1OCc1ccc(Br)cc1. The molecule has 1 aliphatic rings. The molecule has 3 aromatic carbocycles. The number of nitrogens with zero attached hydrogens (tertiary/aromatic N) is 1. The summed E-state index contributed by atoms with van der Waals surface area (Å²) in [5.41, 5.74) is 2.26. The lowest BCUT2D eigenvalue weighted by Crippen LogP contribution is -2.54. The number of imide groups is 2. The third-order valence-electron chi connectivity index (χ3n) is 5.41. The number of nitrogens with one attached hydrogen (secondary N) is 1. The number of aryl methyl sites for hydroxylation is 1. The zero-order chi connectivity index (χ0) is 26.0. The molecule has 0 unspecified atom stereocenters. The number of hydrogen-bond acceptors (Lipinski definition) is 5. The van der Waals surface area contributed by atoms with E-state index >= 15 is 0 Å². The highest BCUT2D eigenvalue weighted by atomic mass is 79.9. The summed E-state index contributed by atoms with van der Waals surface area (Å²) in [6, 6.07) is 15.0. The lowest BCUT2D eigenvalue weighted by molar-refractivity contribution is -0.122. The highest BCUT2D eigenvalue weighted by molar-refractivity contribution is 9.10. The molecule has 4 rings (SSSR count). The van der Waals surface area contributed by atoms with Gasteiger partial charge in [0.1, 0.15) is 12.2 Å². The quantitative estimate of drug-likeness (QED) is 0.250. The summed E-state index contributed by atoms with van der Waals surface area (Å²) >= 11 is 13.1. The Morgan fingerprint density at radius 1 is 1.00 bits per heavy atom. The molecule has 4 amide bonds. The van der Waals surface area contributed by atoms with Crippen LogP contribution in [0.5, 0.6) is 11.5 Å². The Balaban J connectivity index is 1.64. The zero-order valence-electron chi connectivity index (χ0n) is 19.1. The number of urea groups is 1. The molecular weight excluding hydrogens is 616 g/mol. The smallest absolute Gasteiger partial charge is 0.335 e.